The zero-order chi connectivity index (χ0) is 12.5. The lowest BCUT2D eigenvalue weighted by Gasteiger charge is -2.07. The molecule has 1 aliphatic rings. The number of aryl methyl sites for hydroxylation is 1. The summed E-state index contributed by atoms with van der Waals surface area (Å²) in [5.41, 5.74) is 2.46. The monoisotopic (exact) mass is 257 g/mol. The molecule has 1 aromatic heterocycles. The highest BCUT2D eigenvalue weighted by Crippen LogP contribution is 2.34. The molecule has 3 rings (SSSR count). The predicted molar refractivity (Wildman–Crippen MR) is 75.7 cm³/mol. The van der Waals surface area contributed by atoms with E-state index in [1.807, 2.05) is 31.2 Å². The number of carbonyl (C=O) groups excluding carboxylic acids is 1. The molecule has 1 aliphatic heterocycles. The Morgan fingerprint density at radius 2 is 2.17 bits per heavy atom. The van der Waals surface area contributed by atoms with Gasteiger partial charge in [0.05, 0.1) is 4.88 Å². The van der Waals surface area contributed by atoms with Crippen LogP contribution in [0.4, 0.5) is 5.69 Å². The molecular weight excluding hydrogens is 242 g/mol. The van der Waals surface area contributed by atoms with Crippen LogP contribution in [0.1, 0.15) is 32.5 Å². The van der Waals surface area contributed by atoms with Gasteiger partial charge in [-0.1, -0.05) is 18.2 Å². The van der Waals surface area contributed by atoms with Crippen molar-refractivity contribution in [2.45, 2.75) is 19.3 Å². The second kappa shape index (κ2) is 4.58. The Bertz CT molecular complexity index is 588. The van der Waals surface area contributed by atoms with E-state index in [1.165, 1.54) is 16.1 Å². The number of para-hydroxylation sites is 1. The van der Waals surface area contributed by atoms with E-state index in [-0.39, 0.29) is 5.78 Å². The minimum Gasteiger partial charge on any atom is -0.384 e. The molecule has 0 spiro atoms. The molecular formula is C15H15NOS. The Labute approximate surface area is 111 Å². The number of Topliss-reactive ketones (excluding diaryl/α,β-unsaturated/α-hetero) is 1. The fourth-order valence-corrected chi connectivity index (χ4v) is 3.26. The molecule has 0 aliphatic carbocycles. The van der Waals surface area contributed by atoms with Gasteiger partial charge in [-0.25, -0.2) is 0 Å². The molecule has 0 radical (unpaired) electrons. The third-order valence-corrected chi connectivity index (χ3v) is 4.43. The van der Waals surface area contributed by atoms with Crippen LogP contribution in [0.2, 0.25) is 0 Å². The minimum atomic E-state index is 0.261. The Balaban J connectivity index is 1.77. The van der Waals surface area contributed by atoms with Crippen molar-refractivity contribution < 1.29 is 4.79 Å². The molecule has 18 heavy (non-hydrogen) atoms. The van der Waals surface area contributed by atoms with Gasteiger partial charge in [0.25, 0.3) is 0 Å². The molecule has 2 nitrogen and oxygen atoms in total. The Morgan fingerprint density at radius 1 is 1.33 bits per heavy atom. The van der Waals surface area contributed by atoms with Gasteiger partial charge in [0.1, 0.15) is 0 Å². The number of fused-ring (bicyclic) bond motifs is 1. The Morgan fingerprint density at radius 3 is 2.94 bits per heavy atom. The van der Waals surface area contributed by atoms with Crippen molar-refractivity contribution in [2.24, 2.45) is 0 Å². The molecule has 1 aromatic carbocycles. The Kier molecular flexibility index (Phi) is 2.92. The first-order valence-corrected chi connectivity index (χ1v) is 6.98. The summed E-state index contributed by atoms with van der Waals surface area (Å²) in [6.07, 6.45) is 0.601. The number of ketones is 1. The average Bonchev–Trinajstić information content (AvgIpc) is 2.97. The first-order chi connectivity index (χ1) is 8.74. The van der Waals surface area contributed by atoms with E-state index in [9.17, 15) is 4.79 Å². The molecule has 0 fully saturated rings. The predicted octanol–water partition coefficient (Wildman–Crippen LogP) is 3.84. The number of anilines is 1. The van der Waals surface area contributed by atoms with Crippen LogP contribution in [-0.4, -0.2) is 12.3 Å². The molecule has 0 saturated heterocycles. The van der Waals surface area contributed by atoms with E-state index in [2.05, 4.69) is 17.4 Å². The summed E-state index contributed by atoms with van der Waals surface area (Å²) in [4.78, 5) is 14.3. The highest BCUT2D eigenvalue weighted by molar-refractivity contribution is 7.14. The zero-order valence-electron chi connectivity index (χ0n) is 10.3. The van der Waals surface area contributed by atoms with Crippen LogP contribution < -0.4 is 5.32 Å². The molecule has 1 atom stereocenters. The van der Waals surface area contributed by atoms with Crippen molar-refractivity contribution in [2.75, 3.05) is 11.9 Å². The van der Waals surface area contributed by atoms with Crippen LogP contribution in [-0.2, 0) is 0 Å². The summed E-state index contributed by atoms with van der Waals surface area (Å²) in [6.45, 7) is 2.91. The van der Waals surface area contributed by atoms with Gasteiger partial charge in [0.15, 0.2) is 5.78 Å². The number of nitrogens with one attached hydrogen (secondary N) is 1. The van der Waals surface area contributed by atoms with Gasteiger partial charge in [-0.3, -0.25) is 4.79 Å². The van der Waals surface area contributed by atoms with Crippen LogP contribution in [0.15, 0.2) is 36.4 Å². The van der Waals surface area contributed by atoms with E-state index in [0.717, 1.165) is 11.4 Å². The second-order valence-electron chi connectivity index (χ2n) is 4.70. The van der Waals surface area contributed by atoms with Crippen LogP contribution >= 0.6 is 11.3 Å². The fraction of sp³-hybridized carbons (Fsp3) is 0.267. The SMILES string of the molecule is Cc1ccc(C(=O)CC2CNc3ccccc32)s1. The molecule has 2 aromatic rings. The van der Waals surface area contributed by atoms with Gasteiger partial charge in [0.2, 0.25) is 0 Å². The van der Waals surface area contributed by atoms with E-state index in [4.69, 9.17) is 0 Å². The van der Waals surface area contributed by atoms with E-state index >= 15 is 0 Å². The molecule has 1 N–H and O–H groups in total. The zero-order valence-corrected chi connectivity index (χ0v) is 11.1. The summed E-state index contributed by atoms with van der Waals surface area (Å²) in [7, 11) is 0. The number of carbonyl (C=O) groups is 1. The lowest BCUT2D eigenvalue weighted by atomic mass is 9.95. The molecule has 0 saturated carbocycles. The van der Waals surface area contributed by atoms with Crippen molar-refractivity contribution in [3.63, 3.8) is 0 Å². The van der Waals surface area contributed by atoms with Crippen LogP contribution in [0.3, 0.4) is 0 Å². The molecule has 2 heterocycles. The first-order valence-electron chi connectivity index (χ1n) is 6.16. The maximum Gasteiger partial charge on any atom is 0.173 e. The van der Waals surface area contributed by atoms with Crippen molar-refractivity contribution in [3.8, 4) is 0 Å². The standard InChI is InChI=1S/C15H15NOS/c1-10-6-7-15(18-10)14(17)8-11-9-16-13-5-3-2-4-12(11)13/h2-7,11,16H,8-9H2,1H3. The first kappa shape index (κ1) is 11.5. The maximum atomic E-state index is 12.2. The van der Waals surface area contributed by atoms with Crippen molar-refractivity contribution in [1.82, 2.24) is 0 Å². The lowest BCUT2D eigenvalue weighted by Crippen LogP contribution is -2.08. The molecule has 92 valence electrons. The summed E-state index contributed by atoms with van der Waals surface area (Å²) in [5.74, 6) is 0.577. The van der Waals surface area contributed by atoms with Gasteiger partial charge in [-0.2, -0.15) is 0 Å². The summed E-state index contributed by atoms with van der Waals surface area (Å²) >= 11 is 1.59. The normalized spacial score (nSPS) is 17.3. The van der Waals surface area contributed by atoms with Crippen molar-refractivity contribution in [3.05, 3.63) is 51.7 Å². The molecule has 3 heteroatoms. The third-order valence-electron chi connectivity index (χ3n) is 3.39. The average molecular weight is 257 g/mol. The Hall–Kier alpha value is -1.61. The van der Waals surface area contributed by atoms with Gasteiger partial charge in [-0.15, -0.1) is 11.3 Å². The maximum absolute atomic E-state index is 12.2. The number of thiophene rings is 1. The highest BCUT2D eigenvalue weighted by atomic mass is 32.1. The van der Waals surface area contributed by atoms with E-state index < -0.39 is 0 Å². The number of benzene rings is 1. The quantitative estimate of drug-likeness (QED) is 0.846. The highest BCUT2D eigenvalue weighted by Gasteiger charge is 2.24. The van der Waals surface area contributed by atoms with Gasteiger partial charge in [0, 0.05) is 29.4 Å². The van der Waals surface area contributed by atoms with E-state index in [0.29, 0.717) is 12.3 Å². The lowest BCUT2D eigenvalue weighted by molar-refractivity contribution is 0.0979. The molecule has 1 unspecified atom stereocenters. The second-order valence-corrected chi connectivity index (χ2v) is 5.99. The number of rotatable bonds is 3. The largest absolute Gasteiger partial charge is 0.384 e. The number of hydrogen-bond donors (Lipinski definition) is 1. The minimum absolute atomic E-state index is 0.261. The molecule has 0 amide bonds. The summed E-state index contributed by atoms with van der Waals surface area (Å²) in [6, 6.07) is 12.2. The van der Waals surface area contributed by atoms with Crippen LogP contribution in [0.5, 0.6) is 0 Å². The fourth-order valence-electron chi connectivity index (χ4n) is 2.45. The van der Waals surface area contributed by atoms with E-state index in [1.54, 1.807) is 11.3 Å². The topological polar surface area (TPSA) is 29.1 Å². The summed E-state index contributed by atoms with van der Waals surface area (Å²) < 4.78 is 0. The molecule has 0 bridgehead atoms. The van der Waals surface area contributed by atoms with Crippen molar-refractivity contribution in [1.29, 1.82) is 0 Å². The van der Waals surface area contributed by atoms with Crippen LogP contribution in [0.25, 0.3) is 0 Å². The van der Waals surface area contributed by atoms with Gasteiger partial charge < -0.3 is 5.32 Å². The third kappa shape index (κ3) is 2.06. The van der Waals surface area contributed by atoms with Crippen LogP contribution in [0, 0.1) is 6.92 Å². The van der Waals surface area contributed by atoms with Gasteiger partial charge >= 0.3 is 0 Å². The summed E-state index contributed by atoms with van der Waals surface area (Å²) in [5, 5.41) is 3.36. The van der Waals surface area contributed by atoms with Gasteiger partial charge in [-0.05, 0) is 30.7 Å². The number of hydrogen-bond acceptors (Lipinski definition) is 3. The van der Waals surface area contributed by atoms with Crippen molar-refractivity contribution >= 4 is 22.8 Å². The smallest absolute Gasteiger partial charge is 0.173 e.